The van der Waals surface area contributed by atoms with Crippen molar-refractivity contribution < 1.29 is 19.8 Å². The van der Waals surface area contributed by atoms with Gasteiger partial charge in [0.05, 0.1) is 11.8 Å². The molecule has 0 spiro atoms. The third-order valence-corrected chi connectivity index (χ3v) is 6.65. The van der Waals surface area contributed by atoms with Crippen LogP contribution in [0.4, 0.5) is 0 Å². The average molecular weight is 535 g/mol. The maximum Gasteiger partial charge on any atom is 0.311 e. The highest BCUT2D eigenvalue weighted by molar-refractivity contribution is 5.78. The number of carboxylic acid groups (broad SMARTS) is 2. The van der Waals surface area contributed by atoms with Crippen LogP contribution in [-0.2, 0) is 9.59 Å². The van der Waals surface area contributed by atoms with Crippen LogP contribution in [0.5, 0.6) is 0 Å². The van der Waals surface area contributed by atoms with Crippen LogP contribution in [0.15, 0.2) is 121 Å². The van der Waals surface area contributed by atoms with Crippen LogP contribution in [0, 0.1) is 5.92 Å². The van der Waals surface area contributed by atoms with E-state index in [1.165, 1.54) is 0 Å². The molecule has 0 aliphatic rings. The molecule has 206 valence electrons. The van der Waals surface area contributed by atoms with Gasteiger partial charge < -0.3 is 10.2 Å². The minimum Gasteiger partial charge on any atom is -0.481 e. The second-order valence-corrected chi connectivity index (χ2v) is 10.6. The van der Waals surface area contributed by atoms with Crippen molar-refractivity contribution in [3.63, 3.8) is 0 Å². The van der Waals surface area contributed by atoms with Crippen molar-refractivity contribution in [2.75, 3.05) is 0 Å². The summed E-state index contributed by atoms with van der Waals surface area (Å²) in [5.74, 6) is -2.16. The zero-order valence-electron chi connectivity index (χ0n) is 23.5. The molecule has 0 heterocycles. The number of rotatable bonds is 10. The van der Waals surface area contributed by atoms with E-state index in [4.69, 9.17) is 0 Å². The normalized spacial score (nSPS) is 12.1. The Labute approximate surface area is 237 Å². The van der Waals surface area contributed by atoms with Crippen molar-refractivity contribution in [1.82, 2.24) is 0 Å². The largest absolute Gasteiger partial charge is 0.481 e. The first kappa shape index (κ1) is 30.1. The van der Waals surface area contributed by atoms with Gasteiger partial charge in [0.15, 0.2) is 0 Å². The number of hydrogen-bond acceptors (Lipinski definition) is 2. The SMILES string of the molecule is C=C(C)CC(C(=O)O)c1cccc(-c2ccccc2)c1.CC(C)CC(C(=O)O)c1cccc(-c2ccccc2)c1. The summed E-state index contributed by atoms with van der Waals surface area (Å²) in [6, 6.07) is 35.6. The lowest BCUT2D eigenvalue weighted by Gasteiger charge is -2.16. The summed E-state index contributed by atoms with van der Waals surface area (Å²) < 4.78 is 0. The summed E-state index contributed by atoms with van der Waals surface area (Å²) >= 11 is 0. The van der Waals surface area contributed by atoms with Crippen molar-refractivity contribution in [2.24, 2.45) is 5.92 Å². The van der Waals surface area contributed by atoms with Crippen LogP contribution >= 0.6 is 0 Å². The molecule has 4 rings (SSSR count). The standard InChI is InChI=1S/C18H20O2.C18H18O2/c2*1-13(2)11-17(18(19)20)16-10-6-9-15(12-16)14-7-4-3-5-8-14/h3-10,12-13,17H,11H2,1-2H3,(H,19,20);3-10,12,17H,1,11H2,2H3,(H,19,20). The molecule has 4 heteroatoms. The third kappa shape index (κ3) is 8.81. The maximum absolute atomic E-state index is 11.5. The summed E-state index contributed by atoms with van der Waals surface area (Å²) in [6.07, 6.45) is 1.13. The molecule has 0 fully saturated rings. The second kappa shape index (κ2) is 14.6. The molecule has 0 bridgehead atoms. The first-order valence-corrected chi connectivity index (χ1v) is 13.6. The van der Waals surface area contributed by atoms with E-state index in [-0.39, 0.29) is 0 Å². The van der Waals surface area contributed by atoms with E-state index in [9.17, 15) is 19.8 Å². The van der Waals surface area contributed by atoms with Gasteiger partial charge in [-0.2, -0.15) is 0 Å². The summed E-state index contributed by atoms with van der Waals surface area (Å²) in [4.78, 5) is 22.9. The summed E-state index contributed by atoms with van der Waals surface area (Å²) in [7, 11) is 0. The Kier molecular flexibility index (Phi) is 11.0. The van der Waals surface area contributed by atoms with Crippen LogP contribution < -0.4 is 0 Å². The molecule has 4 nitrogen and oxygen atoms in total. The van der Waals surface area contributed by atoms with E-state index in [1.54, 1.807) is 0 Å². The van der Waals surface area contributed by atoms with Gasteiger partial charge in [-0.3, -0.25) is 9.59 Å². The lowest BCUT2D eigenvalue weighted by molar-refractivity contribution is -0.140. The fraction of sp³-hybridized carbons (Fsp3) is 0.222. The van der Waals surface area contributed by atoms with Crippen LogP contribution in [0.2, 0.25) is 0 Å². The van der Waals surface area contributed by atoms with Gasteiger partial charge in [0.25, 0.3) is 0 Å². The van der Waals surface area contributed by atoms with E-state index < -0.39 is 23.8 Å². The van der Waals surface area contributed by atoms with Crippen molar-refractivity contribution in [3.8, 4) is 22.3 Å². The van der Waals surface area contributed by atoms with Gasteiger partial charge in [-0.15, -0.1) is 6.58 Å². The van der Waals surface area contributed by atoms with Crippen LogP contribution in [0.25, 0.3) is 22.3 Å². The minimum absolute atomic E-state index is 0.358. The topological polar surface area (TPSA) is 74.6 Å². The zero-order chi connectivity index (χ0) is 29.1. The van der Waals surface area contributed by atoms with E-state index in [2.05, 4.69) is 20.4 Å². The highest BCUT2D eigenvalue weighted by Gasteiger charge is 2.22. The Morgan fingerprint density at radius 1 is 0.625 bits per heavy atom. The molecule has 2 unspecified atom stereocenters. The van der Waals surface area contributed by atoms with Crippen LogP contribution in [0.1, 0.15) is 56.6 Å². The Bertz CT molecular complexity index is 1410. The van der Waals surface area contributed by atoms with Gasteiger partial charge in [0.2, 0.25) is 0 Å². The Balaban J connectivity index is 0.000000220. The molecule has 0 radical (unpaired) electrons. The third-order valence-electron chi connectivity index (χ3n) is 6.65. The summed E-state index contributed by atoms with van der Waals surface area (Å²) in [5, 5.41) is 18.8. The quantitative estimate of drug-likeness (QED) is 0.199. The average Bonchev–Trinajstić information content (AvgIpc) is 2.95. The first-order chi connectivity index (χ1) is 19.2. The van der Waals surface area contributed by atoms with E-state index in [0.717, 1.165) is 39.0 Å². The smallest absolute Gasteiger partial charge is 0.311 e. The summed E-state index contributed by atoms with van der Waals surface area (Å²) in [6.45, 7) is 9.78. The Hall–Kier alpha value is -4.44. The molecular weight excluding hydrogens is 496 g/mol. The molecule has 2 N–H and O–H groups in total. The van der Waals surface area contributed by atoms with Crippen molar-refractivity contribution >= 4 is 11.9 Å². The Morgan fingerprint density at radius 2 is 1.02 bits per heavy atom. The fourth-order valence-corrected chi connectivity index (χ4v) is 4.68. The maximum atomic E-state index is 11.5. The minimum atomic E-state index is -0.807. The molecule has 0 aromatic heterocycles. The lowest BCUT2D eigenvalue weighted by atomic mass is 9.89. The van der Waals surface area contributed by atoms with Crippen molar-refractivity contribution in [3.05, 3.63) is 132 Å². The molecule has 0 aliphatic heterocycles. The molecule has 0 saturated heterocycles. The highest BCUT2D eigenvalue weighted by atomic mass is 16.4. The number of aliphatic carboxylic acids is 2. The van der Waals surface area contributed by atoms with Gasteiger partial charge >= 0.3 is 11.9 Å². The number of hydrogen-bond donors (Lipinski definition) is 2. The molecule has 2 atom stereocenters. The monoisotopic (exact) mass is 534 g/mol. The van der Waals surface area contributed by atoms with Crippen molar-refractivity contribution in [2.45, 2.75) is 45.4 Å². The fourth-order valence-electron chi connectivity index (χ4n) is 4.68. The van der Waals surface area contributed by atoms with E-state index >= 15 is 0 Å². The Morgan fingerprint density at radius 3 is 1.40 bits per heavy atom. The second-order valence-electron chi connectivity index (χ2n) is 10.6. The molecular formula is C36H38O4. The lowest BCUT2D eigenvalue weighted by Crippen LogP contribution is -2.14. The molecule has 0 saturated carbocycles. The first-order valence-electron chi connectivity index (χ1n) is 13.6. The molecule has 4 aromatic rings. The van der Waals surface area contributed by atoms with Crippen LogP contribution in [-0.4, -0.2) is 22.2 Å². The van der Waals surface area contributed by atoms with Crippen LogP contribution in [0.3, 0.4) is 0 Å². The molecule has 0 amide bonds. The van der Waals surface area contributed by atoms with Gasteiger partial charge in [-0.1, -0.05) is 129 Å². The molecule has 4 aromatic carbocycles. The predicted octanol–water partition coefficient (Wildman–Crippen LogP) is 9.06. The predicted molar refractivity (Wildman–Crippen MR) is 163 cm³/mol. The van der Waals surface area contributed by atoms with E-state index in [1.807, 2.05) is 116 Å². The number of carbonyl (C=O) groups is 2. The molecule has 40 heavy (non-hydrogen) atoms. The van der Waals surface area contributed by atoms with Gasteiger partial charge in [0, 0.05) is 0 Å². The van der Waals surface area contributed by atoms with Gasteiger partial charge in [0.1, 0.15) is 0 Å². The van der Waals surface area contributed by atoms with Crippen molar-refractivity contribution in [1.29, 1.82) is 0 Å². The van der Waals surface area contributed by atoms with E-state index in [0.29, 0.717) is 18.8 Å². The molecule has 0 aliphatic carbocycles. The summed E-state index contributed by atoms with van der Waals surface area (Å²) in [5.41, 5.74) is 6.89. The number of carboxylic acids is 2. The van der Waals surface area contributed by atoms with Gasteiger partial charge in [-0.05, 0) is 59.1 Å². The number of allylic oxidation sites excluding steroid dienone is 1. The highest BCUT2D eigenvalue weighted by Crippen LogP contribution is 2.29. The number of benzene rings is 4. The van der Waals surface area contributed by atoms with Gasteiger partial charge in [-0.25, -0.2) is 0 Å². The zero-order valence-corrected chi connectivity index (χ0v) is 23.5.